The summed E-state index contributed by atoms with van der Waals surface area (Å²) in [7, 11) is 0. The SMILES string of the molecule is CC(C)Cc1cc(=O)[nH]c(-c2cc(F)cc(Br)c2)n1. The number of H-pyrrole nitrogens is 1. The highest BCUT2D eigenvalue weighted by Gasteiger charge is 2.08. The van der Waals surface area contributed by atoms with E-state index in [1.807, 2.05) is 0 Å². The third-order valence-electron chi connectivity index (χ3n) is 2.55. The monoisotopic (exact) mass is 324 g/mol. The summed E-state index contributed by atoms with van der Waals surface area (Å²) in [5, 5.41) is 0. The van der Waals surface area contributed by atoms with Crippen LogP contribution in [0.25, 0.3) is 11.4 Å². The minimum atomic E-state index is -0.374. The zero-order valence-corrected chi connectivity index (χ0v) is 12.3. The smallest absolute Gasteiger partial charge is 0.251 e. The van der Waals surface area contributed by atoms with Gasteiger partial charge in [0.1, 0.15) is 11.6 Å². The highest BCUT2D eigenvalue weighted by atomic mass is 79.9. The Balaban J connectivity index is 2.49. The van der Waals surface area contributed by atoms with Crippen molar-refractivity contribution in [1.29, 1.82) is 0 Å². The van der Waals surface area contributed by atoms with Crippen molar-refractivity contribution in [2.24, 2.45) is 5.92 Å². The van der Waals surface area contributed by atoms with E-state index in [0.717, 1.165) is 0 Å². The van der Waals surface area contributed by atoms with Gasteiger partial charge in [0.25, 0.3) is 5.56 Å². The van der Waals surface area contributed by atoms with Crippen LogP contribution in [0.15, 0.2) is 33.5 Å². The van der Waals surface area contributed by atoms with Gasteiger partial charge in [-0.3, -0.25) is 4.79 Å². The second kappa shape index (κ2) is 5.65. The van der Waals surface area contributed by atoms with E-state index in [1.54, 1.807) is 6.07 Å². The number of benzene rings is 1. The van der Waals surface area contributed by atoms with Crippen LogP contribution in [-0.2, 0) is 6.42 Å². The predicted octanol–water partition coefficient (Wildman–Crippen LogP) is 3.54. The summed E-state index contributed by atoms with van der Waals surface area (Å²) in [6.07, 6.45) is 0.716. The van der Waals surface area contributed by atoms with Crippen LogP contribution in [-0.4, -0.2) is 9.97 Å². The quantitative estimate of drug-likeness (QED) is 0.938. The Morgan fingerprint density at radius 1 is 1.32 bits per heavy atom. The minimum absolute atomic E-state index is 0.221. The van der Waals surface area contributed by atoms with Crippen LogP contribution in [0.1, 0.15) is 19.5 Å². The van der Waals surface area contributed by atoms with Gasteiger partial charge in [0, 0.05) is 21.8 Å². The molecule has 0 aliphatic heterocycles. The third kappa shape index (κ3) is 3.73. The largest absolute Gasteiger partial charge is 0.307 e. The summed E-state index contributed by atoms with van der Waals surface area (Å²) in [5.74, 6) is 0.422. The minimum Gasteiger partial charge on any atom is -0.307 e. The van der Waals surface area contributed by atoms with Gasteiger partial charge in [-0.15, -0.1) is 0 Å². The lowest BCUT2D eigenvalue weighted by Crippen LogP contribution is -2.11. The van der Waals surface area contributed by atoms with E-state index in [2.05, 4.69) is 39.7 Å². The van der Waals surface area contributed by atoms with Gasteiger partial charge in [-0.2, -0.15) is 0 Å². The Morgan fingerprint density at radius 2 is 2.05 bits per heavy atom. The summed E-state index contributed by atoms with van der Waals surface area (Å²) < 4.78 is 14.0. The first kappa shape index (κ1) is 13.9. The molecule has 1 heterocycles. The van der Waals surface area contributed by atoms with Gasteiger partial charge in [-0.25, -0.2) is 9.37 Å². The molecule has 1 aromatic carbocycles. The molecule has 0 saturated heterocycles. The highest BCUT2D eigenvalue weighted by molar-refractivity contribution is 9.10. The maximum Gasteiger partial charge on any atom is 0.251 e. The molecule has 100 valence electrons. The summed E-state index contributed by atoms with van der Waals surface area (Å²) in [6, 6.07) is 5.92. The molecule has 0 radical (unpaired) electrons. The molecule has 19 heavy (non-hydrogen) atoms. The van der Waals surface area contributed by atoms with Crippen molar-refractivity contribution in [2.45, 2.75) is 20.3 Å². The normalized spacial score (nSPS) is 11.0. The average Bonchev–Trinajstić information content (AvgIpc) is 2.25. The molecule has 0 aliphatic carbocycles. The van der Waals surface area contributed by atoms with Crippen LogP contribution in [0, 0.1) is 11.7 Å². The number of rotatable bonds is 3. The topological polar surface area (TPSA) is 45.8 Å². The maximum absolute atomic E-state index is 13.4. The average molecular weight is 325 g/mol. The van der Waals surface area contributed by atoms with Gasteiger partial charge in [0.15, 0.2) is 0 Å². The number of aromatic amines is 1. The number of hydrogen-bond acceptors (Lipinski definition) is 2. The highest BCUT2D eigenvalue weighted by Crippen LogP contribution is 2.21. The van der Waals surface area contributed by atoms with Crippen LogP contribution >= 0.6 is 15.9 Å². The second-order valence-electron chi connectivity index (χ2n) is 4.84. The number of aromatic nitrogens is 2. The summed E-state index contributed by atoms with van der Waals surface area (Å²) in [4.78, 5) is 18.7. The van der Waals surface area contributed by atoms with E-state index < -0.39 is 0 Å². The van der Waals surface area contributed by atoms with E-state index in [0.29, 0.717) is 33.9 Å². The van der Waals surface area contributed by atoms with E-state index in [9.17, 15) is 9.18 Å². The fraction of sp³-hybridized carbons (Fsp3) is 0.286. The van der Waals surface area contributed by atoms with Gasteiger partial charge >= 0.3 is 0 Å². The molecule has 3 nitrogen and oxygen atoms in total. The zero-order chi connectivity index (χ0) is 14.0. The Bertz CT molecular complexity index is 632. The number of halogens is 2. The fourth-order valence-corrected chi connectivity index (χ4v) is 2.32. The molecule has 1 aromatic heterocycles. The lowest BCUT2D eigenvalue weighted by molar-refractivity contribution is 0.626. The van der Waals surface area contributed by atoms with Crippen LogP contribution in [0.4, 0.5) is 4.39 Å². The lowest BCUT2D eigenvalue weighted by Gasteiger charge is -2.07. The maximum atomic E-state index is 13.4. The predicted molar refractivity (Wildman–Crippen MR) is 76.5 cm³/mol. The van der Waals surface area contributed by atoms with Crippen molar-refractivity contribution >= 4 is 15.9 Å². The van der Waals surface area contributed by atoms with Gasteiger partial charge in [-0.1, -0.05) is 29.8 Å². The molecule has 0 bridgehead atoms. The number of nitrogens with zero attached hydrogens (tertiary/aromatic N) is 1. The molecule has 0 aliphatic rings. The molecular formula is C14H14BrFN2O. The molecule has 0 fully saturated rings. The molecule has 5 heteroatoms. The van der Waals surface area contributed by atoms with Crippen molar-refractivity contribution in [3.63, 3.8) is 0 Å². The molecule has 0 spiro atoms. The van der Waals surface area contributed by atoms with Gasteiger partial charge in [-0.05, 0) is 30.5 Å². The van der Waals surface area contributed by atoms with Gasteiger partial charge < -0.3 is 4.98 Å². The molecule has 2 aromatic rings. The number of hydrogen-bond donors (Lipinski definition) is 1. The van der Waals surface area contributed by atoms with Crippen LogP contribution < -0.4 is 5.56 Å². The Hall–Kier alpha value is -1.49. The van der Waals surface area contributed by atoms with Crippen LogP contribution in [0.5, 0.6) is 0 Å². The Labute approximate surface area is 119 Å². The first-order valence-corrected chi connectivity index (χ1v) is 6.80. The van der Waals surface area contributed by atoms with Crippen molar-refractivity contribution < 1.29 is 4.39 Å². The van der Waals surface area contributed by atoms with Crippen LogP contribution in [0.3, 0.4) is 0 Å². The third-order valence-corrected chi connectivity index (χ3v) is 3.01. The van der Waals surface area contributed by atoms with E-state index in [4.69, 9.17) is 0 Å². The Kier molecular flexibility index (Phi) is 4.14. The number of nitrogens with one attached hydrogen (secondary N) is 1. The molecular weight excluding hydrogens is 311 g/mol. The van der Waals surface area contributed by atoms with Crippen LogP contribution in [0.2, 0.25) is 0 Å². The Morgan fingerprint density at radius 3 is 2.68 bits per heavy atom. The molecule has 0 unspecified atom stereocenters. The first-order chi connectivity index (χ1) is 8.94. The second-order valence-corrected chi connectivity index (χ2v) is 5.76. The van der Waals surface area contributed by atoms with Crippen molar-refractivity contribution in [2.75, 3.05) is 0 Å². The lowest BCUT2D eigenvalue weighted by atomic mass is 10.1. The summed E-state index contributed by atoms with van der Waals surface area (Å²) in [6.45, 7) is 4.11. The molecule has 0 saturated carbocycles. The first-order valence-electron chi connectivity index (χ1n) is 6.01. The summed E-state index contributed by atoms with van der Waals surface area (Å²) in [5.41, 5.74) is 1.05. The fourth-order valence-electron chi connectivity index (χ4n) is 1.86. The van der Waals surface area contributed by atoms with E-state index in [1.165, 1.54) is 18.2 Å². The van der Waals surface area contributed by atoms with E-state index in [-0.39, 0.29) is 11.4 Å². The van der Waals surface area contributed by atoms with Gasteiger partial charge in [0.05, 0.1) is 0 Å². The standard InChI is InChI=1S/C14H14BrFN2O/c1-8(2)3-12-7-13(19)18-14(17-12)9-4-10(15)6-11(16)5-9/h4-8H,3H2,1-2H3,(H,17,18,19). The molecule has 1 N–H and O–H groups in total. The summed E-state index contributed by atoms with van der Waals surface area (Å²) >= 11 is 3.23. The molecule has 2 rings (SSSR count). The molecule has 0 atom stereocenters. The van der Waals surface area contributed by atoms with Gasteiger partial charge in [0.2, 0.25) is 0 Å². The van der Waals surface area contributed by atoms with Crippen molar-refractivity contribution in [3.05, 3.63) is 50.6 Å². The van der Waals surface area contributed by atoms with E-state index >= 15 is 0 Å². The van der Waals surface area contributed by atoms with Crippen molar-refractivity contribution in [3.8, 4) is 11.4 Å². The zero-order valence-electron chi connectivity index (χ0n) is 10.7. The van der Waals surface area contributed by atoms with Crippen molar-refractivity contribution in [1.82, 2.24) is 9.97 Å². The molecule has 0 amide bonds.